The van der Waals surface area contributed by atoms with Crippen molar-refractivity contribution >= 4 is 0 Å². The summed E-state index contributed by atoms with van der Waals surface area (Å²) < 4.78 is -1.17. The predicted molar refractivity (Wildman–Crippen MR) is 85.1 cm³/mol. The van der Waals surface area contributed by atoms with Gasteiger partial charge >= 0.3 is 0 Å². The summed E-state index contributed by atoms with van der Waals surface area (Å²) in [5, 5.41) is 41.1. The quantitative estimate of drug-likeness (QED) is 0.211. The number of hydrogen-bond donors (Lipinski definition) is 3. The molecule has 0 aliphatic heterocycles. The van der Waals surface area contributed by atoms with E-state index in [4.69, 9.17) is 0 Å². The zero-order valence-corrected chi connectivity index (χ0v) is 14.0. The molecule has 0 bridgehead atoms. The third kappa shape index (κ3) is 8.73. The highest BCUT2D eigenvalue weighted by Gasteiger charge is 2.31. The highest BCUT2D eigenvalue weighted by molar-refractivity contribution is 4.59. The van der Waals surface area contributed by atoms with Gasteiger partial charge in [0.15, 0.2) is 12.5 Å². The average Bonchev–Trinajstić information content (AvgIpc) is 2.41. The maximum atomic E-state index is 12.2. The predicted octanol–water partition coefficient (Wildman–Crippen LogP) is 2.87. The van der Waals surface area contributed by atoms with Crippen LogP contribution in [-0.2, 0) is 0 Å². The molecule has 3 N–H and O–H groups in total. The van der Waals surface area contributed by atoms with Crippen LogP contribution in [0.15, 0.2) is 0 Å². The Hall–Kier alpha value is -0.200. The van der Waals surface area contributed by atoms with E-state index in [0.717, 1.165) is 12.8 Å². The van der Waals surface area contributed by atoms with Crippen molar-refractivity contribution in [2.45, 2.75) is 97.1 Å². The first kappa shape index (κ1) is 20.8. The molecule has 3 atom stereocenters. The van der Waals surface area contributed by atoms with E-state index in [0.29, 0.717) is 6.42 Å². The molecule has 0 spiro atoms. The molecule has 0 aromatic rings. The van der Waals surface area contributed by atoms with Crippen LogP contribution >= 0.6 is 0 Å². The lowest BCUT2D eigenvalue weighted by Crippen LogP contribution is -2.58. The lowest BCUT2D eigenvalue weighted by atomic mass is 10.1. The van der Waals surface area contributed by atoms with Crippen molar-refractivity contribution in [2.75, 3.05) is 6.54 Å². The lowest BCUT2D eigenvalue weighted by Gasteiger charge is -2.48. The molecule has 0 heterocycles. The molecule has 5 nitrogen and oxygen atoms in total. The van der Waals surface area contributed by atoms with Gasteiger partial charge < -0.3 is 25.2 Å². The Morgan fingerprint density at radius 3 is 1.67 bits per heavy atom. The van der Waals surface area contributed by atoms with Crippen LogP contribution in [0.2, 0.25) is 0 Å². The van der Waals surface area contributed by atoms with Gasteiger partial charge in [-0.25, -0.2) is 0 Å². The first-order valence-electron chi connectivity index (χ1n) is 8.47. The van der Waals surface area contributed by atoms with Crippen LogP contribution in [0.25, 0.3) is 0 Å². The molecule has 0 aromatic heterocycles. The van der Waals surface area contributed by atoms with Crippen molar-refractivity contribution in [1.29, 1.82) is 0 Å². The summed E-state index contributed by atoms with van der Waals surface area (Å²) in [6, 6.07) is 0. The molecule has 0 fully saturated rings. The maximum absolute atomic E-state index is 12.2. The van der Waals surface area contributed by atoms with E-state index in [-0.39, 0.29) is 6.54 Å². The number of nitrogens with zero attached hydrogens (tertiary/aromatic N) is 1. The molecule has 0 aliphatic carbocycles. The number of quaternary nitrogens is 1. The number of hydrogen-bond acceptors (Lipinski definition) is 4. The zero-order chi connectivity index (χ0) is 16.3. The standard InChI is InChI=1S/C16H35NO4/c1-4-5-6-7-8-9-10-11-12-16(20)13-17(21,14(2)18)15(3)19/h14-16,18-20H,4-13H2,1-3H3. The molecule has 0 amide bonds. The number of rotatable bonds is 13. The van der Waals surface area contributed by atoms with Crippen LogP contribution in [0, 0.1) is 5.21 Å². The van der Waals surface area contributed by atoms with E-state index in [1.54, 1.807) is 0 Å². The third-order valence-electron chi connectivity index (χ3n) is 4.15. The van der Waals surface area contributed by atoms with Crippen LogP contribution in [0.1, 0.15) is 78.6 Å². The Labute approximate surface area is 129 Å². The van der Waals surface area contributed by atoms with Crippen LogP contribution < -0.4 is 0 Å². The molecule has 3 unspecified atom stereocenters. The summed E-state index contributed by atoms with van der Waals surface area (Å²) in [7, 11) is 0. The van der Waals surface area contributed by atoms with Gasteiger partial charge in [-0.1, -0.05) is 58.3 Å². The fourth-order valence-corrected chi connectivity index (χ4v) is 2.55. The summed E-state index contributed by atoms with van der Waals surface area (Å²) in [6.45, 7) is 4.74. The van der Waals surface area contributed by atoms with Gasteiger partial charge in [-0.2, -0.15) is 0 Å². The Bertz CT molecular complexity index is 238. The molecule has 21 heavy (non-hydrogen) atoms. The molecule has 0 aromatic carbocycles. The highest BCUT2D eigenvalue weighted by atomic mass is 16.6. The lowest BCUT2D eigenvalue weighted by molar-refractivity contribution is -0.967. The van der Waals surface area contributed by atoms with Crippen LogP contribution in [0.4, 0.5) is 0 Å². The molecule has 0 aliphatic rings. The second-order valence-corrected chi connectivity index (χ2v) is 6.22. The molecule has 128 valence electrons. The average molecular weight is 305 g/mol. The number of aliphatic hydroxyl groups is 3. The Kier molecular flexibility index (Phi) is 11.3. The smallest absolute Gasteiger partial charge is 0.189 e. The highest BCUT2D eigenvalue weighted by Crippen LogP contribution is 2.18. The maximum Gasteiger partial charge on any atom is 0.189 e. The van der Waals surface area contributed by atoms with E-state index < -0.39 is 23.2 Å². The minimum atomic E-state index is -1.24. The van der Waals surface area contributed by atoms with E-state index in [1.165, 1.54) is 52.4 Å². The second-order valence-electron chi connectivity index (χ2n) is 6.22. The molecule has 0 radical (unpaired) electrons. The fraction of sp³-hybridized carbons (Fsp3) is 1.00. The summed E-state index contributed by atoms with van der Waals surface area (Å²) in [6.07, 6.45) is 6.80. The van der Waals surface area contributed by atoms with Crippen molar-refractivity contribution in [1.82, 2.24) is 0 Å². The third-order valence-corrected chi connectivity index (χ3v) is 4.15. The molecule has 0 saturated carbocycles. The first-order valence-corrected chi connectivity index (χ1v) is 8.47. The molecular weight excluding hydrogens is 270 g/mol. The van der Waals surface area contributed by atoms with Crippen LogP contribution in [0.3, 0.4) is 0 Å². The van der Waals surface area contributed by atoms with Gasteiger partial charge in [-0.15, -0.1) is 0 Å². The minimum Gasteiger partial charge on any atom is -0.629 e. The van der Waals surface area contributed by atoms with Gasteiger partial charge in [0, 0.05) is 13.8 Å². The van der Waals surface area contributed by atoms with E-state index in [9.17, 15) is 20.5 Å². The normalized spacial score (nSPS) is 19.0. The van der Waals surface area contributed by atoms with Crippen molar-refractivity contribution in [2.24, 2.45) is 0 Å². The monoisotopic (exact) mass is 305 g/mol. The van der Waals surface area contributed by atoms with E-state index >= 15 is 0 Å². The number of aliphatic hydroxyl groups excluding tert-OH is 3. The molecule has 0 saturated heterocycles. The molecular formula is C16H35NO4. The minimum absolute atomic E-state index is 0.161. The summed E-state index contributed by atoms with van der Waals surface area (Å²) >= 11 is 0. The second kappa shape index (κ2) is 11.4. The van der Waals surface area contributed by atoms with Gasteiger partial charge in [-0.05, 0) is 6.42 Å². The van der Waals surface area contributed by atoms with Crippen molar-refractivity contribution in [3.05, 3.63) is 5.21 Å². The Balaban J connectivity index is 3.77. The van der Waals surface area contributed by atoms with E-state index in [1.807, 2.05) is 0 Å². The summed E-state index contributed by atoms with van der Waals surface area (Å²) in [5.41, 5.74) is 0. The van der Waals surface area contributed by atoms with Gasteiger partial charge in [0.2, 0.25) is 0 Å². The topological polar surface area (TPSA) is 83.8 Å². The van der Waals surface area contributed by atoms with Gasteiger partial charge in [-0.3, -0.25) is 0 Å². The number of hydroxylamine groups is 3. The molecule has 0 rings (SSSR count). The van der Waals surface area contributed by atoms with Gasteiger partial charge in [0.1, 0.15) is 12.6 Å². The van der Waals surface area contributed by atoms with Crippen molar-refractivity contribution in [3.8, 4) is 0 Å². The molecule has 5 heteroatoms. The SMILES string of the molecule is CCCCCCCCCCC(O)C[N+]([O-])(C(C)O)C(C)O. The largest absolute Gasteiger partial charge is 0.629 e. The Morgan fingerprint density at radius 1 is 0.810 bits per heavy atom. The fourth-order valence-electron chi connectivity index (χ4n) is 2.55. The number of unbranched alkanes of at least 4 members (excludes halogenated alkanes) is 7. The van der Waals surface area contributed by atoms with Crippen LogP contribution in [-0.4, -0.2) is 45.1 Å². The first-order chi connectivity index (χ1) is 9.84. The summed E-state index contributed by atoms with van der Waals surface area (Å²) in [5.74, 6) is 0. The van der Waals surface area contributed by atoms with Crippen LogP contribution in [0.5, 0.6) is 0 Å². The van der Waals surface area contributed by atoms with Gasteiger partial charge in [0.25, 0.3) is 0 Å². The van der Waals surface area contributed by atoms with Gasteiger partial charge in [0.05, 0.1) is 0 Å². The zero-order valence-electron chi connectivity index (χ0n) is 14.0. The Morgan fingerprint density at radius 2 is 1.24 bits per heavy atom. The summed E-state index contributed by atoms with van der Waals surface area (Å²) in [4.78, 5) is 0. The van der Waals surface area contributed by atoms with Crippen molar-refractivity contribution < 1.29 is 20.0 Å². The van der Waals surface area contributed by atoms with Crippen molar-refractivity contribution in [3.63, 3.8) is 0 Å². The van der Waals surface area contributed by atoms with E-state index in [2.05, 4.69) is 6.92 Å².